The van der Waals surface area contributed by atoms with Crippen molar-refractivity contribution in [3.8, 4) is 0 Å². The molecule has 1 aliphatic carbocycles. The van der Waals surface area contributed by atoms with E-state index in [0.29, 0.717) is 26.2 Å². The largest absolute Gasteiger partial charge is 0.445 e. The Bertz CT molecular complexity index is 318. The fourth-order valence-electron chi connectivity index (χ4n) is 1.92. The van der Waals surface area contributed by atoms with Gasteiger partial charge in [0.2, 0.25) is 5.91 Å². The fourth-order valence-corrected chi connectivity index (χ4v) is 1.92. The van der Waals surface area contributed by atoms with Gasteiger partial charge in [0.1, 0.15) is 6.61 Å². The Morgan fingerprint density at radius 1 is 1.18 bits per heavy atom. The van der Waals surface area contributed by atoms with E-state index < -0.39 is 0 Å². The van der Waals surface area contributed by atoms with Gasteiger partial charge in [-0.1, -0.05) is 12.7 Å². The molecule has 1 saturated carbocycles. The first-order valence-electron chi connectivity index (χ1n) is 6.03. The highest BCUT2D eigenvalue weighted by Crippen LogP contribution is 2.31. The molecule has 0 aromatic carbocycles. The van der Waals surface area contributed by atoms with E-state index in [4.69, 9.17) is 4.74 Å². The van der Waals surface area contributed by atoms with E-state index in [-0.39, 0.29) is 24.5 Å². The molecule has 0 spiro atoms. The van der Waals surface area contributed by atoms with Crippen LogP contribution in [0.4, 0.5) is 4.79 Å². The molecule has 0 N–H and O–H groups in total. The molecule has 2 amide bonds. The van der Waals surface area contributed by atoms with E-state index in [9.17, 15) is 9.59 Å². The molecule has 5 nitrogen and oxygen atoms in total. The maximum absolute atomic E-state index is 11.8. The van der Waals surface area contributed by atoms with E-state index in [1.54, 1.807) is 11.0 Å². The molecule has 5 heteroatoms. The standard InChI is InChI=1S/C12H18N2O3/c1-2-9-17-12(16)14-7-5-13(6-8-14)11(15)10-3-4-10/h2,10H,1,3-9H2. The minimum atomic E-state index is -0.316. The third-order valence-electron chi connectivity index (χ3n) is 3.10. The van der Waals surface area contributed by atoms with Crippen LogP contribution in [0.3, 0.4) is 0 Å². The Morgan fingerprint density at radius 2 is 1.76 bits per heavy atom. The summed E-state index contributed by atoms with van der Waals surface area (Å²) in [6.45, 7) is 6.10. The smallest absolute Gasteiger partial charge is 0.410 e. The first-order valence-corrected chi connectivity index (χ1v) is 6.03. The normalized spacial score (nSPS) is 20.0. The number of carbonyl (C=O) groups excluding carboxylic acids is 2. The van der Waals surface area contributed by atoms with Gasteiger partial charge in [0.05, 0.1) is 0 Å². The molecule has 2 fully saturated rings. The van der Waals surface area contributed by atoms with E-state index >= 15 is 0 Å². The van der Waals surface area contributed by atoms with Gasteiger partial charge in [-0.25, -0.2) is 4.79 Å². The van der Waals surface area contributed by atoms with Crippen LogP contribution in [0.15, 0.2) is 12.7 Å². The van der Waals surface area contributed by atoms with Crippen molar-refractivity contribution in [2.45, 2.75) is 12.8 Å². The van der Waals surface area contributed by atoms with Gasteiger partial charge in [-0.3, -0.25) is 4.79 Å². The van der Waals surface area contributed by atoms with Crippen molar-refractivity contribution in [3.05, 3.63) is 12.7 Å². The molecule has 0 atom stereocenters. The van der Waals surface area contributed by atoms with Crippen LogP contribution in [0, 0.1) is 5.92 Å². The molecule has 0 aromatic heterocycles. The lowest BCUT2D eigenvalue weighted by Crippen LogP contribution is -2.51. The highest BCUT2D eigenvalue weighted by molar-refractivity contribution is 5.81. The molecule has 0 radical (unpaired) electrons. The van der Waals surface area contributed by atoms with E-state index in [1.807, 2.05) is 4.90 Å². The molecular formula is C12H18N2O3. The van der Waals surface area contributed by atoms with Gasteiger partial charge in [0.15, 0.2) is 0 Å². The molecule has 0 bridgehead atoms. The molecule has 94 valence electrons. The van der Waals surface area contributed by atoms with Gasteiger partial charge in [0.25, 0.3) is 0 Å². The minimum Gasteiger partial charge on any atom is -0.445 e. The summed E-state index contributed by atoms with van der Waals surface area (Å²) in [5.74, 6) is 0.512. The predicted molar refractivity (Wildman–Crippen MR) is 62.4 cm³/mol. The van der Waals surface area contributed by atoms with Crippen LogP contribution in [0.25, 0.3) is 0 Å². The van der Waals surface area contributed by atoms with Crippen molar-refractivity contribution in [2.24, 2.45) is 5.92 Å². The zero-order valence-corrected chi connectivity index (χ0v) is 9.93. The number of hydrogen-bond acceptors (Lipinski definition) is 3. The number of piperazine rings is 1. The summed E-state index contributed by atoms with van der Waals surface area (Å²) in [4.78, 5) is 26.8. The topological polar surface area (TPSA) is 49.9 Å². The van der Waals surface area contributed by atoms with E-state index in [1.165, 1.54) is 0 Å². The lowest BCUT2D eigenvalue weighted by Gasteiger charge is -2.34. The van der Waals surface area contributed by atoms with Gasteiger partial charge in [0, 0.05) is 32.1 Å². The summed E-state index contributed by atoms with van der Waals surface area (Å²) in [7, 11) is 0. The lowest BCUT2D eigenvalue weighted by atomic mass is 10.3. The summed E-state index contributed by atoms with van der Waals surface area (Å²) >= 11 is 0. The second kappa shape index (κ2) is 5.21. The van der Waals surface area contributed by atoms with Crippen LogP contribution in [0.1, 0.15) is 12.8 Å². The number of nitrogens with zero attached hydrogens (tertiary/aromatic N) is 2. The van der Waals surface area contributed by atoms with Crippen molar-refractivity contribution < 1.29 is 14.3 Å². The van der Waals surface area contributed by atoms with Crippen molar-refractivity contribution in [3.63, 3.8) is 0 Å². The summed E-state index contributed by atoms with van der Waals surface area (Å²) in [5.41, 5.74) is 0. The van der Waals surface area contributed by atoms with Crippen LogP contribution < -0.4 is 0 Å². The quantitative estimate of drug-likeness (QED) is 0.685. The Balaban J connectivity index is 1.75. The lowest BCUT2D eigenvalue weighted by molar-refractivity contribution is -0.134. The molecule has 1 saturated heterocycles. The molecular weight excluding hydrogens is 220 g/mol. The SMILES string of the molecule is C=CCOC(=O)N1CCN(C(=O)C2CC2)CC1. The Kier molecular flexibility index (Phi) is 3.66. The monoisotopic (exact) mass is 238 g/mol. The first-order chi connectivity index (χ1) is 8.22. The predicted octanol–water partition coefficient (Wildman–Crippen LogP) is 0.863. The Morgan fingerprint density at radius 3 is 2.29 bits per heavy atom. The third-order valence-corrected chi connectivity index (χ3v) is 3.10. The van der Waals surface area contributed by atoms with Gasteiger partial charge in [-0.05, 0) is 12.8 Å². The van der Waals surface area contributed by atoms with Gasteiger partial charge >= 0.3 is 6.09 Å². The van der Waals surface area contributed by atoms with Crippen LogP contribution in [0.5, 0.6) is 0 Å². The molecule has 0 unspecified atom stereocenters. The van der Waals surface area contributed by atoms with Crippen molar-refractivity contribution in [1.29, 1.82) is 0 Å². The Hall–Kier alpha value is -1.52. The summed E-state index contributed by atoms with van der Waals surface area (Å²) in [6.07, 6.45) is 3.29. The maximum Gasteiger partial charge on any atom is 0.410 e. The molecule has 2 rings (SSSR count). The molecule has 2 aliphatic rings. The van der Waals surface area contributed by atoms with Crippen molar-refractivity contribution in [1.82, 2.24) is 9.80 Å². The summed E-state index contributed by atoms with van der Waals surface area (Å²) < 4.78 is 4.95. The zero-order valence-electron chi connectivity index (χ0n) is 9.93. The summed E-state index contributed by atoms with van der Waals surface area (Å²) in [5, 5.41) is 0. The zero-order chi connectivity index (χ0) is 12.3. The highest BCUT2D eigenvalue weighted by Gasteiger charge is 2.35. The average molecular weight is 238 g/mol. The van der Waals surface area contributed by atoms with Crippen LogP contribution in [-0.4, -0.2) is 54.6 Å². The van der Waals surface area contributed by atoms with E-state index in [2.05, 4.69) is 6.58 Å². The molecule has 0 aromatic rings. The molecule has 1 aliphatic heterocycles. The number of amides is 2. The second-order valence-corrected chi connectivity index (χ2v) is 4.45. The fraction of sp³-hybridized carbons (Fsp3) is 0.667. The number of carbonyl (C=O) groups is 2. The molecule has 1 heterocycles. The van der Waals surface area contributed by atoms with Crippen molar-refractivity contribution >= 4 is 12.0 Å². The Labute approximate surface area is 101 Å². The maximum atomic E-state index is 11.8. The number of rotatable bonds is 3. The van der Waals surface area contributed by atoms with Crippen molar-refractivity contribution in [2.75, 3.05) is 32.8 Å². The van der Waals surface area contributed by atoms with Crippen LogP contribution in [0.2, 0.25) is 0 Å². The molecule has 17 heavy (non-hydrogen) atoms. The average Bonchev–Trinajstić information content (AvgIpc) is 3.19. The number of ether oxygens (including phenoxy) is 1. The van der Waals surface area contributed by atoms with Gasteiger partial charge in [-0.2, -0.15) is 0 Å². The van der Waals surface area contributed by atoms with Crippen LogP contribution in [-0.2, 0) is 9.53 Å². The number of hydrogen-bond donors (Lipinski definition) is 0. The third kappa shape index (κ3) is 2.99. The van der Waals surface area contributed by atoms with E-state index in [0.717, 1.165) is 12.8 Å². The first kappa shape index (κ1) is 12.0. The minimum absolute atomic E-state index is 0.236. The highest BCUT2D eigenvalue weighted by atomic mass is 16.6. The van der Waals surface area contributed by atoms with Gasteiger partial charge < -0.3 is 14.5 Å². The van der Waals surface area contributed by atoms with Gasteiger partial charge in [-0.15, -0.1) is 0 Å². The summed E-state index contributed by atoms with van der Waals surface area (Å²) in [6, 6.07) is 0. The second-order valence-electron chi connectivity index (χ2n) is 4.45. The van der Waals surface area contributed by atoms with Crippen LogP contribution >= 0.6 is 0 Å².